The second-order valence-corrected chi connectivity index (χ2v) is 8.70. The third-order valence-corrected chi connectivity index (χ3v) is 7.15. The van der Waals surface area contributed by atoms with Crippen molar-refractivity contribution in [3.8, 4) is 5.69 Å². The Morgan fingerprint density at radius 2 is 2.03 bits per heavy atom. The number of rotatable bonds is 4. The number of hydrogen-bond donors (Lipinski definition) is 0. The van der Waals surface area contributed by atoms with Gasteiger partial charge in [-0.2, -0.15) is 0 Å². The van der Waals surface area contributed by atoms with E-state index in [9.17, 15) is 0 Å². The Balaban J connectivity index is 1.64. The summed E-state index contributed by atoms with van der Waals surface area (Å²) in [6, 6.07) is 13.3. The summed E-state index contributed by atoms with van der Waals surface area (Å²) in [7, 11) is 0. The third-order valence-electron chi connectivity index (χ3n) is 6.02. The first-order valence-electron chi connectivity index (χ1n) is 10.2. The van der Waals surface area contributed by atoms with E-state index in [1.165, 1.54) is 22.1 Å². The van der Waals surface area contributed by atoms with Crippen LogP contribution in [0.15, 0.2) is 60.0 Å². The van der Waals surface area contributed by atoms with Crippen molar-refractivity contribution in [2.45, 2.75) is 45.3 Å². The Kier molecular flexibility index (Phi) is 4.66. The zero-order valence-electron chi connectivity index (χ0n) is 17.0. The maximum absolute atomic E-state index is 5.15. The number of thioether (sulfide) groups is 1. The van der Waals surface area contributed by atoms with Gasteiger partial charge in [-0.1, -0.05) is 24.8 Å². The second-order valence-electron chi connectivity index (χ2n) is 7.71. The molecule has 0 amide bonds. The minimum absolute atomic E-state index is 0.0240. The lowest BCUT2D eigenvalue weighted by Gasteiger charge is -2.32. The van der Waals surface area contributed by atoms with Crippen LogP contribution in [0, 0.1) is 13.8 Å². The van der Waals surface area contributed by atoms with Gasteiger partial charge in [0.1, 0.15) is 6.04 Å². The molecule has 6 heteroatoms. The minimum Gasteiger partial charge on any atom is -0.338 e. The molecule has 2 aliphatic heterocycles. The lowest BCUT2D eigenvalue weighted by Crippen LogP contribution is -2.35. The molecule has 3 unspecified atom stereocenters. The summed E-state index contributed by atoms with van der Waals surface area (Å²) < 4.78 is 2.31. The maximum atomic E-state index is 5.15. The highest BCUT2D eigenvalue weighted by molar-refractivity contribution is 8.14. The molecule has 0 aliphatic carbocycles. The lowest BCUT2D eigenvalue weighted by molar-refractivity contribution is 0.254. The van der Waals surface area contributed by atoms with Gasteiger partial charge in [-0.3, -0.25) is 15.0 Å². The standard InChI is InChI=1S/C23H25N5S/c1-4-17-14-29-23-26-21(20-9-5-6-11-25-20)22(28(17)23)19-12-15(2)27(16(19)3)18-8-7-10-24-13-18/h5-13,17,21-22H,4,14H2,1-3H3. The van der Waals surface area contributed by atoms with Crippen molar-refractivity contribution >= 4 is 16.9 Å². The van der Waals surface area contributed by atoms with Gasteiger partial charge in [0, 0.05) is 35.6 Å². The van der Waals surface area contributed by atoms with Crippen LogP contribution in [-0.2, 0) is 0 Å². The van der Waals surface area contributed by atoms with Crippen molar-refractivity contribution in [2.24, 2.45) is 4.99 Å². The van der Waals surface area contributed by atoms with Gasteiger partial charge >= 0.3 is 0 Å². The second kappa shape index (κ2) is 7.34. The molecule has 29 heavy (non-hydrogen) atoms. The monoisotopic (exact) mass is 403 g/mol. The van der Waals surface area contributed by atoms with Gasteiger partial charge in [0.25, 0.3) is 0 Å². The number of nitrogens with zero attached hydrogens (tertiary/aromatic N) is 5. The molecule has 0 N–H and O–H groups in total. The van der Waals surface area contributed by atoms with E-state index in [-0.39, 0.29) is 12.1 Å². The first-order valence-corrected chi connectivity index (χ1v) is 11.2. The molecule has 0 saturated carbocycles. The molecule has 3 aromatic heterocycles. The normalized spacial score (nSPS) is 23.3. The van der Waals surface area contributed by atoms with Gasteiger partial charge in [0.15, 0.2) is 5.17 Å². The quantitative estimate of drug-likeness (QED) is 0.624. The fraction of sp³-hybridized carbons (Fsp3) is 0.348. The zero-order valence-corrected chi connectivity index (χ0v) is 17.8. The zero-order chi connectivity index (χ0) is 20.0. The molecule has 5 heterocycles. The van der Waals surface area contributed by atoms with E-state index < -0.39 is 0 Å². The first-order chi connectivity index (χ1) is 14.2. The van der Waals surface area contributed by atoms with Crippen LogP contribution in [0.2, 0.25) is 0 Å². The molecule has 3 aromatic rings. The minimum atomic E-state index is 0.0240. The van der Waals surface area contributed by atoms with Gasteiger partial charge in [-0.25, -0.2) is 0 Å². The molecule has 2 aliphatic rings. The molecule has 0 radical (unpaired) electrons. The van der Waals surface area contributed by atoms with E-state index in [2.05, 4.69) is 64.5 Å². The molecular formula is C23H25N5S. The molecule has 3 atom stereocenters. The predicted molar refractivity (Wildman–Crippen MR) is 119 cm³/mol. The smallest absolute Gasteiger partial charge is 0.160 e. The molecule has 5 nitrogen and oxygen atoms in total. The number of hydrogen-bond acceptors (Lipinski definition) is 5. The third kappa shape index (κ3) is 2.97. The van der Waals surface area contributed by atoms with Crippen molar-refractivity contribution in [1.29, 1.82) is 0 Å². The number of aromatic nitrogens is 3. The van der Waals surface area contributed by atoms with Crippen LogP contribution >= 0.6 is 11.8 Å². The highest BCUT2D eigenvalue weighted by atomic mass is 32.2. The Hall–Kier alpha value is -2.60. The van der Waals surface area contributed by atoms with Gasteiger partial charge < -0.3 is 9.47 Å². The summed E-state index contributed by atoms with van der Waals surface area (Å²) in [5.41, 5.74) is 5.95. The Labute approximate surface area is 175 Å². The fourth-order valence-electron chi connectivity index (χ4n) is 4.66. The average Bonchev–Trinajstić information content (AvgIpc) is 3.40. The molecule has 1 saturated heterocycles. The van der Waals surface area contributed by atoms with Crippen molar-refractivity contribution in [2.75, 3.05) is 5.75 Å². The van der Waals surface area contributed by atoms with Crippen LogP contribution < -0.4 is 0 Å². The van der Waals surface area contributed by atoms with Crippen molar-refractivity contribution < 1.29 is 0 Å². The number of aryl methyl sites for hydroxylation is 1. The van der Waals surface area contributed by atoms with Crippen molar-refractivity contribution in [3.63, 3.8) is 0 Å². The van der Waals surface area contributed by atoms with Crippen LogP contribution in [0.25, 0.3) is 5.69 Å². The van der Waals surface area contributed by atoms with Gasteiger partial charge in [-0.15, -0.1) is 0 Å². The van der Waals surface area contributed by atoms with E-state index in [0.717, 1.165) is 23.6 Å². The summed E-state index contributed by atoms with van der Waals surface area (Å²) in [6.07, 6.45) is 6.75. The van der Waals surface area contributed by atoms with Crippen molar-refractivity contribution in [3.05, 3.63) is 77.6 Å². The van der Waals surface area contributed by atoms with Gasteiger partial charge in [0.05, 0.1) is 23.6 Å². The van der Waals surface area contributed by atoms with Crippen molar-refractivity contribution in [1.82, 2.24) is 19.4 Å². The predicted octanol–water partition coefficient (Wildman–Crippen LogP) is 4.86. The topological polar surface area (TPSA) is 46.3 Å². The van der Waals surface area contributed by atoms with E-state index >= 15 is 0 Å². The van der Waals surface area contributed by atoms with E-state index in [1.54, 1.807) is 0 Å². The molecule has 5 rings (SSSR count). The van der Waals surface area contributed by atoms with Crippen LogP contribution in [-0.4, -0.2) is 36.4 Å². The molecule has 0 bridgehead atoms. The Morgan fingerprint density at radius 1 is 1.14 bits per heavy atom. The van der Waals surface area contributed by atoms with Crippen LogP contribution in [0.4, 0.5) is 0 Å². The summed E-state index contributed by atoms with van der Waals surface area (Å²) in [5.74, 6) is 1.11. The summed E-state index contributed by atoms with van der Waals surface area (Å²) >= 11 is 1.89. The summed E-state index contributed by atoms with van der Waals surface area (Å²) in [4.78, 5) is 16.7. The molecular weight excluding hydrogens is 378 g/mol. The highest BCUT2D eigenvalue weighted by Crippen LogP contribution is 2.49. The number of aliphatic imine (C=N–C) groups is 1. The Bertz CT molecular complexity index is 1040. The van der Waals surface area contributed by atoms with Crippen LogP contribution in [0.1, 0.15) is 48.1 Å². The lowest BCUT2D eigenvalue weighted by atomic mass is 9.95. The van der Waals surface area contributed by atoms with Crippen LogP contribution in [0.5, 0.6) is 0 Å². The van der Waals surface area contributed by atoms with E-state index in [0.29, 0.717) is 6.04 Å². The molecule has 148 valence electrons. The summed E-state index contributed by atoms with van der Waals surface area (Å²) in [6.45, 7) is 6.66. The van der Waals surface area contributed by atoms with E-state index in [1.807, 2.05) is 42.5 Å². The summed E-state index contributed by atoms with van der Waals surface area (Å²) in [5, 5.41) is 1.17. The maximum Gasteiger partial charge on any atom is 0.160 e. The molecule has 0 spiro atoms. The highest BCUT2D eigenvalue weighted by Gasteiger charge is 2.46. The Morgan fingerprint density at radius 3 is 2.76 bits per heavy atom. The molecule has 0 aromatic carbocycles. The van der Waals surface area contributed by atoms with Gasteiger partial charge in [-0.05, 0) is 56.2 Å². The average molecular weight is 404 g/mol. The molecule has 1 fully saturated rings. The number of amidine groups is 1. The SMILES string of the molecule is CCC1CSC2=NC(c3ccccn3)C(c3cc(C)n(-c4cccnc4)c3C)N21. The number of pyridine rings is 2. The van der Waals surface area contributed by atoms with Crippen LogP contribution in [0.3, 0.4) is 0 Å². The first kappa shape index (κ1) is 18.4. The number of fused-ring (bicyclic) bond motifs is 1. The van der Waals surface area contributed by atoms with Gasteiger partial charge in [0.2, 0.25) is 0 Å². The fourth-order valence-corrected chi connectivity index (χ4v) is 5.99. The van der Waals surface area contributed by atoms with E-state index in [4.69, 9.17) is 4.99 Å². The largest absolute Gasteiger partial charge is 0.338 e.